The van der Waals surface area contributed by atoms with Crippen LogP contribution in [-0.4, -0.2) is 108 Å². The fourth-order valence-corrected chi connectivity index (χ4v) is 4.66. The van der Waals surface area contributed by atoms with Crippen molar-refractivity contribution in [1.29, 1.82) is 0 Å². The molecule has 2 aliphatic rings. The van der Waals surface area contributed by atoms with Crippen LogP contribution in [0.25, 0.3) is 0 Å². The molecule has 0 bridgehead atoms. The second kappa shape index (κ2) is 11.8. The van der Waals surface area contributed by atoms with Gasteiger partial charge in [-0.05, 0) is 26.2 Å². The lowest BCUT2D eigenvalue weighted by Gasteiger charge is -2.34. The summed E-state index contributed by atoms with van der Waals surface area (Å²) >= 11 is 0. The highest BCUT2D eigenvalue weighted by molar-refractivity contribution is 7.91. The van der Waals surface area contributed by atoms with Gasteiger partial charge in [0.15, 0.2) is 15.8 Å². The van der Waals surface area contributed by atoms with Crippen LogP contribution in [0.2, 0.25) is 0 Å². The fraction of sp³-hybridized carbons (Fsp3) is 0.944. The molecule has 0 aromatic rings. The van der Waals surface area contributed by atoms with Crippen molar-refractivity contribution in [2.75, 3.05) is 77.6 Å². The Balaban J connectivity index is 1.72. The van der Waals surface area contributed by atoms with E-state index in [0.717, 1.165) is 64.6 Å². The largest absolute Gasteiger partial charge is 0.385 e. The zero-order valence-corrected chi connectivity index (χ0v) is 17.7. The van der Waals surface area contributed by atoms with Crippen molar-refractivity contribution in [1.82, 2.24) is 15.1 Å². The molecule has 2 saturated heterocycles. The number of aliphatic imine (C=N–C) groups is 1. The topological polar surface area (TPSA) is 83.5 Å². The minimum Gasteiger partial charge on any atom is -0.385 e. The molecular weight excluding hydrogens is 368 g/mol. The Kier molecular flexibility index (Phi) is 9.81. The fourth-order valence-electron chi connectivity index (χ4n) is 3.38. The second-order valence-corrected chi connectivity index (χ2v) is 9.44. The van der Waals surface area contributed by atoms with Gasteiger partial charge in [0.25, 0.3) is 0 Å². The maximum atomic E-state index is 11.5. The molecule has 1 N–H and O–H groups in total. The van der Waals surface area contributed by atoms with Gasteiger partial charge < -0.3 is 19.7 Å². The molecule has 0 amide bonds. The van der Waals surface area contributed by atoms with E-state index >= 15 is 0 Å². The van der Waals surface area contributed by atoms with Crippen LogP contribution >= 0.6 is 0 Å². The van der Waals surface area contributed by atoms with Gasteiger partial charge in [-0.3, -0.25) is 9.89 Å². The summed E-state index contributed by atoms with van der Waals surface area (Å²) in [4.78, 5) is 9.26. The Labute approximate surface area is 164 Å². The highest BCUT2D eigenvalue weighted by Crippen LogP contribution is 2.14. The standard InChI is InChI=1S/C18H36N4O4S/c1-3-19-18(20-7-10-21-11-15-27(23,24)16-12-21)22-8-5-17(6-9-22)26-14-4-13-25-2/h17H,3-16H2,1-2H3,(H,19,20). The lowest BCUT2D eigenvalue weighted by molar-refractivity contribution is 0.00990. The summed E-state index contributed by atoms with van der Waals surface area (Å²) < 4.78 is 34.0. The smallest absolute Gasteiger partial charge is 0.193 e. The van der Waals surface area contributed by atoms with E-state index in [4.69, 9.17) is 14.5 Å². The quantitative estimate of drug-likeness (QED) is 0.334. The minimum absolute atomic E-state index is 0.272. The first-order chi connectivity index (χ1) is 13.0. The number of nitrogens with zero attached hydrogens (tertiary/aromatic N) is 3. The van der Waals surface area contributed by atoms with Gasteiger partial charge in [-0.2, -0.15) is 0 Å². The van der Waals surface area contributed by atoms with Crippen LogP contribution in [0, 0.1) is 0 Å². The van der Waals surface area contributed by atoms with Crippen LogP contribution in [0.3, 0.4) is 0 Å². The zero-order valence-electron chi connectivity index (χ0n) is 16.9. The second-order valence-electron chi connectivity index (χ2n) is 7.13. The SMILES string of the molecule is CCNC(=NCCN1CCS(=O)(=O)CC1)N1CCC(OCCCOC)CC1. The maximum absolute atomic E-state index is 11.5. The number of guanidine groups is 1. The number of piperidine rings is 1. The molecule has 0 saturated carbocycles. The van der Waals surface area contributed by atoms with Crippen molar-refractivity contribution < 1.29 is 17.9 Å². The molecule has 2 aliphatic heterocycles. The molecule has 0 radical (unpaired) electrons. The molecule has 9 heteroatoms. The maximum Gasteiger partial charge on any atom is 0.193 e. The van der Waals surface area contributed by atoms with Crippen LogP contribution in [0.1, 0.15) is 26.2 Å². The Morgan fingerprint density at radius 2 is 1.85 bits per heavy atom. The number of hydrogen-bond donors (Lipinski definition) is 1. The molecule has 8 nitrogen and oxygen atoms in total. The Morgan fingerprint density at radius 1 is 1.15 bits per heavy atom. The van der Waals surface area contributed by atoms with E-state index in [1.165, 1.54) is 0 Å². The van der Waals surface area contributed by atoms with Gasteiger partial charge in [-0.15, -0.1) is 0 Å². The summed E-state index contributed by atoms with van der Waals surface area (Å²) in [6, 6.07) is 0. The van der Waals surface area contributed by atoms with Crippen LogP contribution in [0.4, 0.5) is 0 Å². The number of likely N-dealkylation sites (tertiary alicyclic amines) is 1. The monoisotopic (exact) mass is 404 g/mol. The van der Waals surface area contributed by atoms with Crippen molar-refractivity contribution in [2.45, 2.75) is 32.3 Å². The number of methoxy groups -OCH3 is 1. The summed E-state index contributed by atoms with van der Waals surface area (Å²) in [5.41, 5.74) is 0. The van der Waals surface area contributed by atoms with Crippen molar-refractivity contribution in [3.63, 3.8) is 0 Å². The first-order valence-corrected chi connectivity index (χ1v) is 11.9. The van der Waals surface area contributed by atoms with E-state index in [1.807, 2.05) is 0 Å². The summed E-state index contributed by atoms with van der Waals surface area (Å²) in [7, 11) is -1.10. The summed E-state index contributed by atoms with van der Waals surface area (Å²) in [6.45, 7) is 9.08. The third kappa shape index (κ3) is 8.33. The van der Waals surface area contributed by atoms with E-state index in [1.54, 1.807) is 7.11 Å². The van der Waals surface area contributed by atoms with Crippen molar-refractivity contribution in [2.24, 2.45) is 4.99 Å². The Hall–Kier alpha value is -0.900. The van der Waals surface area contributed by atoms with Gasteiger partial charge in [0, 0.05) is 59.6 Å². The zero-order chi connectivity index (χ0) is 19.5. The van der Waals surface area contributed by atoms with E-state index < -0.39 is 9.84 Å². The lowest BCUT2D eigenvalue weighted by Crippen LogP contribution is -2.47. The number of hydrogen-bond acceptors (Lipinski definition) is 6. The number of nitrogens with one attached hydrogen (secondary N) is 1. The molecule has 2 heterocycles. The predicted octanol–water partition coefficient (Wildman–Crippen LogP) is 0.200. The van der Waals surface area contributed by atoms with Gasteiger partial charge in [0.2, 0.25) is 0 Å². The normalized spacial score (nSPS) is 22.1. The molecule has 0 aliphatic carbocycles. The third-order valence-electron chi connectivity index (χ3n) is 5.04. The third-order valence-corrected chi connectivity index (χ3v) is 6.65. The van der Waals surface area contributed by atoms with Gasteiger partial charge in [0.1, 0.15) is 0 Å². The van der Waals surface area contributed by atoms with Crippen molar-refractivity contribution in [3.05, 3.63) is 0 Å². The van der Waals surface area contributed by atoms with Crippen LogP contribution in [-0.2, 0) is 19.3 Å². The molecule has 0 spiro atoms. The molecule has 0 atom stereocenters. The van der Waals surface area contributed by atoms with E-state index in [2.05, 4.69) is 22.0 Å². The van der Waals surface area contributed by atoms with Gasteiger partial charge >= 0.3 is 0 Å². The first kappa shape index (κ1) is 22.4. The number of ether oxygens (including phenoxy) is 2. The first-order valence-electron chi connectivity index (χ1n) is 10.1. The molecular formula is C18H36N4O4S. The van der Waals surface area contributed by atoms with E-state index in [9.17, 15) is 8.42 Å². The van der Waals surface area contributed by atoms with Gasteiger partial charge in [-0.25, -0.2) is 8.42 Å². The van der Waals surface area contributed by atoms with Crippen molar-refractivity contribution >= 4 is 15.8 Å². The van der Waals surface area contributed by atoms with Crippen molar-refractivity contribution in [3.8, 4) is 0 Å². The summed E-state index contributed by atoms with van der Waals surface area (Å²) in [6.07, 6.45) is 3.30. The van der Waals surface area contributed by atoms with E-state index in [-0.39, 0.29) is 11.5 Å². The molecule has 2 rings (SSSR count). The predicted molar refractivity (Wildman–Crippen MR) is 108 cm³/mol. The summed E-state index contributed by atoms with van der Waals surface area (Å²) in [5.74, 6) is 1.50. The molecule has 0 aromatic heterocycles. The van der Waals surface area contributed by atoms with E-state index in [0.29, 0.717) is 25.7 Å². The molecule has 27 heavy (non-hydrogen) atoms. The number of sulfone groups is 1. The number of rotatable bonds is 9. The van der Waals surface area contributed by atoms with Gasteiger partial charge in [0.05, 0.1) is 24.2 Å². The van der Waals surface area contributed by atoms with Crippen LogP contribution < -0.4 is 5.32 Å². The minimum atomic E-state index is -2.82. The summed E-state index contributed by atoms with van der Waals surface area (Å²) in [5, 5.41) is 3.38. The molecule has 0 unspecified atom stereocenters. The Bertz CT molecular complexity index is 534. The lowest BCUT2D eigenvalue weighted by atomic mass is 10.1. The average molecular weight is 405 g/mol. The van der Waals surface area contributed by atoms with Crippen LogP contribution in [0.15, 0.2) is 4.99 Å². The molecule has 0 aromatic carbocycles. The average Bonchev–Trinajstić information content (AvgIpc) is 2.66. The highest BCUT2D eigenvalue weighted by Gasteiger charge is 2.23. The van der Waals surface area contributed by atoms with Gasteiger partial charge in [-0.1, -0.05) is 0 Å². The molecule has 158 valence electrons. The van der Waals surface area contributed by atoms with Crippen LogP contribution in [0.5, 0.6) is 0 Å². The molecule has 2 fully saturated rings. The highest BCUT2D eigenvalue weighted by atomic mass is 32.2. The Morgan fingerprint density at radius 3 is 2.48 bits per heavy atom.